The van der Waals surface area contributed by atoms with Gasteiger partial charge in [-0.25, -0.2) is 8.78 Å². The molecule has 1 aromatic carbocycles. The van der Waals surface area contributed by atoms with Crippen molar-refractivity contribution in [1.29, 1.82) is 0 Å². The quantitative estimate of drug-likeness (QED) is 0.671. The van der Waals surface area contributed by atoms with Crippen LogP contribution in [0.1, 0.15) is 38.7 Å². The molecule has 6 heteroatoms. The van der Waals surface area contributed by atoms with Gasteiger partial charge in [0.2, 0.25) is 0 Å². The van der Waals surface area contributed by atoms with Gasteiger partial charge in [0.25, 0.3) is 0 Å². The molecule has 1 atom stereocenters. The first kappa shape index (κ1) is 19.5. The van der Waals surface area contributed by atoms with Crippen molar-refractivity contribution in [2.45, 2.75) is 45.8 Å². The third-order valence-electron chi connectivity index (χ3n) is 3.31. The SMILES string of the molecule is CCCC(=O)OCC(O)CN(CCC)Cc1ccc(F)cc1F. The molecule has 23 heavy (non-hydrogen) atoms. The van der Waals surface area contributed by atoms with Crippen LogP contribution in [0.15, 0.2) is 18.2 Å². The van der Waals surface area contributed by atoms with Gasteiger partial charge in [0.15, 0.2) is 0 Å². The van der Waals surface area contributed by atoms with E-state index in [1.807, 2.05) is 18.7 Å². The molecule has 4 nitrogen and oxygen atoms in total. The molecule has 0 fully saturated rings. The van der Waals surface area contributed by atoms with E-state index in [-0.39, 0.29) is 25.7 Å². The molecule has 1 unspecified atom stereocenters. The summed E-state index contributed by atoms with van der Waals surface area (Å²) < 4.78 is 31.6. The van der Waals surface area contributed by atoms with Crippen LogP contribution in [0.3, 0.4) is 0 Å². The van der Waals surface area contributed by atoms with Gasteiger partial charge < -0.3 is 9.84 Å². The number of halogens is 2. The molecule has 0 saturated carbocycles. The minimum atomic E-state index is -0.842. The maximum atomic E-state index is 13.7. The van der Waals surface area contributed by atoms with Crippen molar-refractivity contribution in [3.05, 3.63) is 35.4 Å². The summed E-state index contributed by atoms with van der Waals surface area (Å²) in [6, 6.07) is 3.47. The van der Waals surface area contributed by atoms with Crippen LogP contribution in [0.25, 0.3) is 0 Å². The van der Waals surface area contributed by atoms with Gasteiger partial charge in [-0.05, 0) is 25.5 Å². The summed E-state index contributed by atoms with van der Waals surface area (Å²) in [5.74, 6) is -1.55. The molecule has 0 aliphatic rings. The Morgan fingerprint density at radius 2 is 2.04 bits per heavy atom. The second-order valence-corrected chi connectivity index (χ2v) is 5.56. The largest absolute Gasteiger partial charge is 0.463 e. The lowest BCUT2D eigenvalue weighted by atomic mass is 10.1. The van der Waals surface area contributed by atoms with Gasteiger partial charge in [-0.15, -0.1) is 0 Å². The maximum absolute atomic E-state index is 13.7. The predicted octanol–water partition coefficient (Wildman–Crippen LogP) is 2.88. The third kappa shape index (κ3) is 7.52. The fraction of sp³-hybridized carbons (Fsp3) is 0.588. The number of carbonyl (C=O) groups excluding carboxylic acids is 1. The second-order valence-electron chi connectivity index (χ2n) is 5.56. The van der Waals surface area contributed by atoms with E-state index >= 15 is 0 Å². The van der Waals surface area contributed by atoms with Crippen LogP contribution < -0.4 is 0 Å². The summed E-state index contributed by atoms with van der Waals surface area (Å²) in [5, 5.41) is 9.98. The molecule has 0 aliphatic heterocycles. The molecule has 1 rings (SSSR count). The van der Waals surface area contributed by atoms with Crippen molar-refractivity contribution in [2.75, 3.05) is 19.7 Å². The number of nitrogens with zero attached hydrogens (tertiary/aromatic N) is 1. The Morgan fingerprint density at radius 3 is 2.65 bits per heavy atom. The van der Waals surface area contributed by atoms with Crippen molar-refractivity contribution in [1.82, 2.24) is 4.90 Å². The van der Waals surface area contributed by atoms with Crippen LogP contribution in [0.5, 0.6) is 0 Å². The zero-order valence-electron chi connectivity index (χ0n) is 13.7. The molecule has 0 amide bonds. The topological polar surface area (TPSA) is 49.8 Å². The monoisotopic (exact) mass is 329 g/mol. The second kappa shape index (κ2) is 10.3. The molecule has 0 heterocycles. The number of esters is 1. The molecule has 1 aromatic rings. The number of hydrogen-bond donors (Lipinski definition) is 1. The van der Waals surface area contributed by atoms with E-state index in [0.29, 0.717) is 24.9 Å². The van der Waals surface area contributed by atoms with E-state index in [9.17, 15) is 18.7 Å². The summed E-state index contributed by atoms with van der Waals surface area (Å²) in [7, 11) is 0. The van der Waals surface area contributed by atoms with Gasteiger partial charge in [0.05, 0.1) is 0 Å². The number of hydrogen-bond acceptors (Lipinski definition) is 4. The first-order valence-corrected chi connectivity index (χ1v) is 7.96. The highest BCUT2D eigenvalue weighted by Gasteiger charge is 2.15. The summed E-state index contributed by atoms with van der Waals surface area (Å²) in [4.78, 5) is 13.2. The third-order valence-corrected chi connectivity index (χ3v) is 3.31. The first-order valence-electron chi connectivity index (χ1n) is 7.96. The van der Waals surface area contributed by atoms with Crippen molar-refractivity contribution >= 4 is 5.97 Å². The summed E-state index contributed by atoms with van der Waals surface area (Å²) in [5.41, 5.74) is 0.370. The van der Waals surface area contributed by atoms with Crippen molar-refractivity contribution in [3.63, 3.8) is 0 Å². The smallest absolute Gasteiger partial charge is 0.305 e. The molecule has 0 aromatic heterocycles. The first-order chi connectivity index (χ1) is 11.0. The maximum Gasteiger partial charge on any atom is 0.305 e. The average Bonchev–Trinajstić information content (AvgIpc) is 2.48. The summed E-state index contributed by atoms with van der Waals surface area (Å²) >= 11 is 0. The number of ether oxygens (including phenoxy) is 1. The van der Waals surface area contributed by atoms with Crippen LogP contribution >= 0.6 is 0 Å². The number of aliphatic hydroxyl groups is 1. The number of rotatable bonds is 10. The Labute approximate surface area is 136 Å². The van der Waals surface area contributed by atoms with E-state index < -0.39 is 17.7 Å². The Hall–Kier alpha value is -1.53. The Bertz CT molecular complexity index is 497. The molecule has 0 spiro atoms. The summed E-state index contributed by atoms with van der Waals surface area (Å²) in [6.07, 6.45) is 1.00. The normalized spacial score (nSPS) is 12.4. The van der Waals surface area contributed by atoms with Gasteiger partial charge in [0, 0.05) is 31.1 Å². The minimum absolute atomic E-state index is 0.0784. The van der Waals surface area contributed by atoms with Gasteiger partial charge in [0.1, 0.15) is 24.3 Å². The number of aliphatic hydroxyl groups excluding tert-OH is 1. The number of carbonyl (C=O) groups is 1. The number of benzene rings is 1. The molecular formula is C17H25F2NO3. The zero-order valence-corrected chi connectivity index (χ0v) is 13.7. The van der Waals surface area contributed by atoms with E-state index in [1.54, 1.807) is 0 Å². The van der Waals surface area contributed by atoms with Gasteiger partial charge in [-0.2, -0.15) is 0 Å². The zero-order chi connectivity index (χ0) is 17.2. The van der Waals surface area contributed by atoms with Gasteiger partial charge in [-0.3, -0.25) is 9.69 Å². The van der Waals surface area contributed by atoms with E-state index in [4.69, 9.17) is 4.74 Å². The van der Waals surface area contributed by atoms with Gasteiger partial charge in [-0.1, -0.05) is 19.9 Å². The highest BCUT2D eigenvalue weighted by molar-refractivity contribution is 5.69. The molecule has 0 aliphatic carbocycles. The van der Waals surface area contributed by atoms with Crippen molar-refractivity contribution < 1.29 is 23.4 Å². The standard InChI is InChI=1S/C17H25F2NO3/c1-3-5-17(22)23-12-15(21)11-20(8-4-2)10-13-6-7-14(18)9-16(13)19/h6-7,9,15,21H,3-5,8,10-12H2,1-2H3. The Morgan fingerprint density at radius 1 is 1.30 bits per heavy atom. The van der Waals surface area contributed by atoms with E-state index in [2.05, 4.69) is 0 Å². The van der Waals surface area contributed by atoms with Crippen LogP contribution in [0.2, 0.25) is 0 Å². The van der Waals surface area contributed by atoms with Crippen molar-refractivity contribution in [2.24, 2.45) is 0 Å². The van der Waals surface area contributed by atoms with Crippen LogP contribution in [0, 0.1) is 11.6 Å². The Balaban J connectivity index is 2.55. The Kier molecular flexibility index (Phi) is 8.73. The molecule has 0 bridgehead atoms. The van der Waals surface area contributed by atoms with Crippen LogP contribution in [0.4, 0.5) is 8.78 Å². The lowest BCUT2D eigenvalue weighted by Crippen LogP contribution is -2.35. The molecule has 0 saturated heterocycles. The highest BCUT2D eigenvalue weighted by atomic mass is 19.1. The lowest BCUT2D eigenvalue weighted by Gasteiger charge is -2.24. The summed E-state index contributed by atoms with van der Waals surface area (Å²) in [6.45, 7) is 4.94. The molecule has 130 valence electrons. The van der Waals surface area contributed by atoms with Crippen LogP contribution in [-0.4, -0.2) is 41.8 Å². The van der Waals surface area contributed by atoms with Crippen molar-refractivity contribution in [3.8, 4) is 0 Å². The fourth-order valence-electron chi connectivity index (χ4n) is 2.26. The molecule has 0 radical (unpaired) electrons. The van der Waals surface area contributed by atoms with E-state index in [0.717, 1.165) is 12.5 Å². The minimum Gasteiger partial charge on any atom is -0.463 e. The predicted molar refractivity (Wildman–Crippen MR) is 83.8 cm³/mol. The van der Waals surface area contributed by atoms with Gasteiger partial charge >= 0.3 is 5.97 Å². The lowest BCUT2D eigenvalue weighted by molar-refractivity contribution is -0.147. The van der Waals surface area contributed by atoms with Crippen LogP contribution in [-0.2, 0) is 16.1 Å². The average molecular weight is 329 g/mol. The van der Waals surface area contributed by atoms with E-state index in [1.165, 1.54) is 12.1 Å². The molecule has 1 N–H and O–H groups in total. The molecular weight excluding hydrogens is 304 g/mol. The fourth-order valence-corrected chi connectivity index (χ4v) is 2.26. The highest BCUT2D eigenvalue weighted by Crippen LogP contribution is 2.13.